The maximum Gasteiger partial charge on any atom is 0.387 e. The van der Waals surface area contributed by atoms with Crippen LogP contribution >= 0.6 is 15.9 Å². The molecule has 2 aromatic heterocycles. The molecule has 9 nitrogen and oxygen atoms in total. The van der Waals surface area contributed by atoms with Crippen molar-refractivity contribution >= 4 is 37.0 Å². The molecule has 0 saturated carbocycles. The van der Waals surface area contributed by atoms with Crippen molar-refractivity contribution in [2.45, 2.75) is 44.6 Å². The smallest absolute Gasteiger partial charge is 0.387 e. The van der Waals surface area contributed by atoms with Crippen LogP contribution in [0.2, 0.25) is 0 Å². The van der Waals surface area contributed by atoms with Crippen molar-refractivity contribution in [2.75, 3.05) is 6.26 Å². The summed E-state index contributed by atoms with van der Waals surface area (Å²) >= 11 is 3.42. The fraction of sp³-hybridized carbons (Fsp3) is 0.320. The van der Waals surface area contributed by atoms with Gasteiger partial charge in [0, 0.05) is 39.6 Å². The molecule has 206 valence electrons. The fourth-order valence-electron chi connectivity index (χ4n) is 4.79. The Labute approximate surface area is 230 Å². The van der Waals surface area contributed by atoms with E-state index in [9.17, 15) is 22.3 Å². The van der Waals surface area contributed by atoms with E-state index in [0.717, 1.165) is 6.26 Å². The van der Waals surface area contributed by atoms with Crippen molar-refractivity contribution in [3.05, 3.63) is 70.2 Å². The monoisotopic (exact) mass is 625 g/mol. The molecule has 0 aliphatic carbocycles. The summed E-state index contributed by atoms with van der Waals surface area (Å²) in [5, 5.41) is 10.1. The van der Waals surface area contributed by atoms with E-state index in [0.29, 0.717) is 26.9 Å². The Bertz CT molecular complexity index is 1670. The number of ether oxygens (including phenoxy) is 1. The van der Waals surface area contributed by atoms with Gasteiger partial charge in [0.15, 0.2) is 5.82 Å². The summed E-state index contributed by atoms with van der Waals surface area (Å²) in [6, 6.07) is 5.84. The first kappa shape index (κ1) is 27.5. The first-order valence-electron chi connectivity index (χ1n) is 11.7. The minimum absolute atomic E-state index is 0.0878. The molecule has 5 rings (SSSR count). The van der Waals surface area contributed by atoms with Crippen molar-refractivity contribution in [3.8, 4) is 16.9 Å². The maximum absolute atomic E-state index is 15.3. The molecule has 0 amide bonds. The third-order valence-electron chi connectivity index (χ3n) is 6.32. The van der Waals surface area contributed by atoms with Gasteiger partial charge in [-0.05, 0) is 38.5 Å². The van der Waals surface area contributed by atoms with Gasteiger partial charge in [0.25, 0.3) is 0 Å². The molecule has 0 fully saturated rings. The lowest BCUT2D eigenvalue weighted by molar-refractivity contribution is -0.0507. The second-order valence-electron chi connectivity index (χ2n) is 9.74. The molecule has 0 saturated heterocycles. The highest BCUT2D eigenvalue weighted by molar-refractivity contribution is 9.10. The Balaban J connectivity index is 1.71. The van der Waals surface area contributed by atoms with E-state index >= 15 is 4.39 Å². The fourth-order valence-corrected chi connectivity index (χ4v) is 6.12. The number of hydrogen-bond donors (Lipinski definition) is 2. The first-order valence-corrected chi connectivity index (χ1v) is 14.4. The number of aliphatic hydroxyl groups is 1. The predicted octanol–water partition coefficient (Wildman–Crippen LogP) is 4.81. The quantitative estimate of drug-likeness (QED) is 0.302. The predicted molar refractivity (Wildman–Crippen MR) is 140 cm³/mol. The average molecular weight is 626 g/mol. The molecule has 2 aromatic carbocycles. The molecular weight excluding hydrogens is 603 g/mol. The summed E-state index contributed by atoms with van der Waals surface area (Å²) in [7, 11) is -3.69. The van der Waals surface area contributed by atoms with Crippen molar-refractivity contribution < 1.29 is 31.4 Å². The Morgan fingerprint density at radius 2 is 1.92 bits per heavy atom. The lowest BCUT2D eigenvalue weighted by Gasteiger charge is -2.21. The second-order valence-corrected chi connectivity index (χ2v) is 12.4. The number of nitrogens with one attached hydrogen (secondary N) is 1. The highest BCUT2D eigenvalue weighted by Crippen LogP contribution is 2.47. The molecule has 0 unspecified atom stereocenters. The van der Waals surface area contributed by atoms with E-state index in [1.165, 1.54) is 44.4 Å². The molecule has 2 N–H and O–H groups in total. The number of hydrogen-bond acceptors (Lipinski definition) is 7. The standard InChI is InChI=1S/C25H23BrF3N5O4S/c1-25(2,35)23-30-10-12(11-31-23)13-7-18-16(8-15(13)27)32-22-17(33-39(3,36)37)9-19(34(18)22)21-14(26)5-4-6-20(21)38-24(28)29/h4-8,10-11,17,19,24,33,35H,9H2,1-3H3/t17-,19-/m1/s1. The first-order chi connectivity index (χ1) is 18.2. The van der Waals surface area contributed by atoms with Crippen LogP contribution in [0.4, 0.5) is 13.2 Å². The molecule has 0 bridgehead atoms. The van der Waals surface area contributed by atoms with Crippen LogP contribution in [0.3, 0.4) is 0 Å². The van der Waals surface area contributed by atoms with Crippen LogP contribution in [0.15, 0.2) is 47.2 Å². The lowest BCUT2D eigenvalue weighted by Crippen LogP contribution is -2.26. The number of fused-ring (bicyclic) bond motifs is 3. The molecule has 0 spiro atoms. The lowest BCUT2D eigenvalue weighted by atomic mass is 10.0. The Morgan fingerprint density at radius 1 is 1.23 bits per heavy atom. The topological polar surface area (TPSA) is 119 Å². The molecule has 4 aromatic rings. The summed E-state index contributed by atoms with van der Waals surface area (Å²) in [4.78, 5) is 12.8. The molecule has 3 heterocycles. The van der Waals surface area contributed by atoms with Gasteiger partial charge in [-0.25, -0.2) is 32.5 Å². The van der Waals surface area contributed by atoms with Gasteiger partial charge >= 0.3 is 6.61 Å². The minimum atomic E-state index is -3.69. The Kier molecular flexibility index (Phi) is 6.94. The Morgan fingerprint density at radius 3 is 2.54 bits per heavy atom. The number of nitrogens with zero attached hydrogens (tertiary/aromatic N) is 4. The maximum atomic E-state index is 15.3. The highest BCUT2D eigenvalue weighted by Gasteiger charge is 2.39. The van der Waals surface area contributed by atoms with E-state index in [1.807, 2.05) is 0 Å². The van der Waals surface area contributed by atoms with Crippen LogP contribution in [-0.2, 0) is 15.6 Å². The van der Waals surface area contributed by atoms with Gasteiger partial charge in [-0.15, -0.1) is 0 Å². The number of alkyl halides is 2. The number of sulfonamides is 1. The minimum Gasteiger partial charge on any atom is -0.434 e. The van der Waals surface area contributed by atoms with Gasteiger partial charge < -0.3 is 14.4 Å². The van der Waals surface area contributed by atoms with E-state index in [1.54, 1.807) is 16.7 Å². The van der Waals surface area contributed by atoms with Crippen molar-refractivity contribution in [1.82, 2.24) is 24.2 Å². The van der Waals surface area contributed by atoms with Gasteiger partial charge in [0.2, 0.25) is 10.0 Å². The van der Waals surface area contributed by atoms with Crippen molar-refractivity contribution in [2.24, 2.45) is 0 Å². The number of imidazole rings is 1. The van der Waals surface area contributed by atoms with Crippen LogP contribution in [0.1, 0.15) is 49.6 Å². The van der Waals surface area contributed by atoms with E-state index in [4.69, 9.17) is 4.74 Å². The van der Waals surface area contributed by atoms with Crippen LogP contribution in [0.5, 0.6) is 5.75 Å². The zero-order chi connectivity index (χ0) is 28.3. The number of rotatable bonds is 7. The molecule has 39 heavy (non-hydrogen) atoms. The van der Waals surface area contributed by atoms with Gasteiger partial charge in [-0.3, -0.25) is 0 Å². The summed E-state index contributed by atoms with van der Waals surface area (Å²) in [5.74, 6) is -0.252. The van der Waals surface area contributed by atoms with E-state index in [-0.39, 0.29) is 29.1 Å². The normalized spacial score (nSPS) is 17.7. The van der Waals surface area contributed by atoms with Crippen LogP contribution in [0.25, 0.3) is 22.2 Å². The molecular formula is C25H23BrF3N5O4S. The zero-order valence-corrected chi connectivity index (χ0v) is 23.3. The summed E-state index contributed by atoms with van der Waals surface area (Å²) in [6.45, 7) is -0.0334. The second kappa shape index (κ2) is 9.84. The molecule has 1 aliphatic rings. The van der Waals surface area contributed by atoms with Crippen molar-refractivity contribution in [3.63, 3.8) is 0 Å². The third-order valence-corrected chi connectivity index (χ3v) is 7.72. The molecule has 1 aliphatic heterocycles. The molecule has 2 atom stereocenters. The summed E-state index contributed by atoms with van der Waals surface area (Å²) in [6.07, 6.45) is 3.93. The van der Waals surface area contributed by atoms with Crippen molar-refractivity contribution in [1.29, 1.82) is 0 Å². The van der Waals surface area contributed by atoms with Crippen LogP contribution in [0, 0.1) is 5.82 Å². The summed E-state index contributed by atoms with van der Waals surface area (Å²) < 4.78 is 75.7. The SMILES string of the molecule is CC(C)(O)c1ncc(-c2cc3c(cc2F)nc2n3[C@@H](c3c(Br)cccc3OC(F)F)C[C@H]2NS(C)(=O)=O)cn1. The highest BCUT2D eigenvalue weighted by atomic mass is 79.9. The van der Waals surface area contributed by atoms with Gasteiger partial charge in [-0.1, -0.05) is 22.0 Å². The number of benzene rings is 2. The number of aromatic nitrogens is 4. The van der Waals surface area contributed by atoms with Crippen LogP contribution < -0.4 is 9.46 Å². The van der Waals surface area contributed by atoms with Gasteiger partial charge in [0.1, 0.15) is 23.0 Å². The van der Waals surface area contributed by atoms with E-state index in [2.05, 4.69) is 35.6 Å². The van der Waals surface area contributed by atoms with E-state index < -0.39 is 40.1 Å². The largest absolute Gasteiger partial charge is 0.434 e. The molecule has 0 radical (unpaired) electrons. The van der Waals surface area contributed by atoms with Gasteiger partial charge in [-0.2, -0.15) is 8.78 Å². The average Bonchev–Trinajstić information content (AvgIpc) is 3.34. The van der Waals surface area contributed by atoms with Crippen LogP contribution in [-0.4, -0.2) is 45.9 Å². The third kappa shape index (κ3) is 5.38. The zero-order valence-electron chi connectivity index (χ0n) is 20.9. The molecule has 14 heteroatoms. The number of halogens is 4. The Hall–Kier alpha value is -3.07. The van der Waals surface area contributed by atoms with Gasteiger partial charge in [0.05, 0.1) is 29.4 Å². The summed E-state index contributed by atoms with van der Waals surface area (Å²) in [5.41, 5.74) is 0.231.